The molecule has 2 heterocycles. The summed E-state index contributed by atoms with van der Waals surface area (Å²) in [4.78, 5) is 17.8. The van der Waals surface area contributed by atoms with Crippen LogP contribution in [0.15, 0.2) is 45.0 Å². The lowest BCUT2D eigenvalue weighted by Gasteiger charge is -2.09. The second-order valence-corrected chi connectivity index (χ2v) is 6.83. The molecule has 0 fully saturated rings. The number of hydrogen-bond acceptors (Lipinski definition) is 3. The van der Waals surface area contributed by atoms with E-state index >= 15 is 0 Å². The van der Waals surface area contributed by atoms with Crippen molar-refractivity contribution in [2.75, 3.05) is 0 Å². The molecule has 1 aromatic carbocycles. The summed E-state index contributed by atoms with van der Waals surface area (Å²) in [6, 6.07) is 11.8. The van der Waals surface area contributed by atoms with Gasteiger partial charge in [0.15, 0.2) is 0 Å². The molecule has 19 heavy (non-hydrogen) atoms. The zero-order valence-corrected chi connectivity index (χ0v) is 12.7. The van der Waals surface area contributed by atoms with Gasteiger partial charge in [0.25, 0.3) is 5.56 Å². The fraction of sp³-hybridized carbons (Fsp3) is 0.143. The number of rotatable bonds is 2. The molecule has 0 bridgehead atoms. The number of benzene rings is 1. The number of halogens is 1. The molecular weight excluding hydrogens is 324 g/mol. The fourth-order valence-corrected chi connectivity index (χ4v) is 3.54. The van der Waals surface area contributed by atoms with Crippen molar-refractivity contribution in [3.63, 3.8) is 0 Å². The molecule has 3 nitrogen and oxygen atoms in total. The molecule has 0 saturated carbocycles. The van der Waals surface area contributed by atoms with E-state index in [4.69, 9.17) is 0 Å². The van der Waals surface area contributed by atoms with Crippen molar-refractivity contribution in [3.05, 3.63) is 61.1 Å². The number of aryl methyl sites for hydroxylation is 1. The van der Waals surface area contributed by atoms with Crippen LogP contribution in [0.2, 0.25) is 0 Å². The quantitative estimate of drug-likeness (QED) is 0.718. The normalized spacial score (nSPS) is 11.1. The number of fused-ring (bicyclic) bond motifs is 1. The minimum Gasteiger partial charge on any atom is -0.300 e. The molecular formula is C14H11BrN2OS. The average Bonchev–Trinajstić information content (AvgIpc) is 2.80. The van der Waals surface area contributed by atoms with Gasteiger partial charge in [-0.2, -0.15) is 0 Å². The van der Waals surface area contributed by atoms with Crippen LogP contribution in [0, 0.1) is 6.92 Å². The van der Waals surface area contributed by atoms with Crippen molar-refractivity contribution in [3.8, 4) is 0 Å². The Morgan fingerprint density at radius 1 is 1.26 bits per heavy atom. The Morgan fingerprint density at radius 3 is 2.79 bits per heavy atom. The van der Waals surface area contributed by atoms with Gasteiger partial charge in [0.1, 0.15) is 5.69 Å². The highest BCUT2D eigenvalue weighted by atomic mass is 79.9. The lowest BCUT2D eigenvalue weighted by molar-refractivity contribution is 0.787. The number of para-hydroxylation sites is 2. The molecule has 3 aromatic rings. The Kier molecular flexibility index (Phi) is 3.24. The van der Waals surface area contributed by atoms with E-state index in [1.54, 1.807) is 22.8 Å². The van der Waals surface area contributed by atoms with Gasteiger partial charge in [0.2, 0.25) is 0 Å². The molecule has 2 aromatic heterocycles. The summed E-state index contributed by atoms with van der Waals surface area (Å²) in [7, 11) is 0. The van der Waals surface area contributed by atoms with Crippen LogP contribution in [-0.2, 0) is 6.54 Å². The highest BCUT2D eigenvalue weighted by Gasteiger charge is 2.09. The number of hydrogen-bond donors (Lipinski definition) is 0. The van der Waals surface area contributed by atoms with Crippen LogP contribution in [0.3, 0.4) is 0 Å². The number of thiophene rings is 1. The predicted molar refractivity (Wildman–Crippen MR) is 81.9 cm³/mol. The van der Waals surface area contributed by atoms with E-state index in [0.29, 0.717) is 12.2 Å². The molecule has 0 radical (unpaired) electrons. The predicted octanol–water partition coefficient (Wildman–Crippen LogP) is 3.58. The van der Waals surface area contributed by atoms with Gasteiger partial charge >= 0.3 is 0 Å². The Hall–Kier alpha value is -1.46. The van der Waals surface area contributed by atoms with Crippen molar-refractivity contribution in [2.45, 2.75) is 13.5 Å². The summed E-state index contributed by atoms with van der Waals surface area (Å²) < 4.78 is 2.86. The van der Waals surface area contributed by atoms with Gasteiger partial charge in [0.05, 0.1) is 21.4 Å². The Balaban J connectivity index is 2.21. The summed E-state index contributed by atoms with van der Waals surface area (Å²) in [5.41, 5.74) is 2.25. The fourth-order valence-electron chi connectivity index (χ4n) is 2.07. The van der Waals surface area contributed by atoms with Crippen LogP contribution in [-0.4, -0.2) is 9.55 Å². The Morgan fingerprint density at radius 2 is 2.05 bits per heavy atom. The van der Waals surface area contributed by atoms with E-state index in [0.717, 1.165) is 19.7 Å². The Labute approximate surface area is 122 Å². The van der Waals surface area contributed by atoms with Crippen molar-refractivity contribution in [1.82, 2.24) is 9.55 Å². The average molecular weight is 335 g/mol. The van der Waals surface area contributed by atoms with Crippen LogP contribution in [0.5, 0.6) is 0 Å². The zero-order valence-electron chi connectivity index (χ0n) is 10.3. The second-order valence-electron chi connectivity index (χ2n) is 4.28. The third kappa shape index (κ3) is 2.35. The van der Waals surface area contributed by atoms with Gasteiger partial charge in [-0.05, 0) is 47.1 Å². The summed E-state index contributed by atoms with van der Waals surface area (Å²) in [6.45, 7) is 2.34. The van der Waals surface area contributed by atoms with Crippen molar-refractivity contribution >= 4 is 38.3 Å². The first-order chi connectivity index (χ1) is 9.15. The van der Waals surface area contributed by atoms with Crippen molar-refractivity contribution in [2.24, 2.45) is 0 Å². The van der Waals surface area contributed by atoms with E-state index in [-0.39, 0.29) is 5.56 Å². The summed E-state index contributed by atoms with van der Waals surface area (Å²) in [5.74, 6) is 0. The van der Waals surface area contributed by atoms with Gasteiger partial charge in [-0.3, -0.25) is 9.36 Å². The zero-order chi connectivity index (χ0) is 13.4. The molecule has 96 valence electrons. The van der Waals surface area contributed by atoms with Crippen molar-refractivity contribution < 1.29 is 0 Å². The van der Waals surface area contributed by atoms with Gasteiger partial charge < -0.3 is 0 Å². The molecule has 0 unspecified atom stereocenters. The molecule has 0 amide bonds. The molecule has 0 aliphatic rings. The molecule has 0 aliphatic carbocycles. The first-order valence-corrected chi connectivity index (χ1v) is 7.46. The third-order valence-corrected chi connectivity index (χ3v) is 4.57. The Bertz CT molecular complexity index is 807. The minimum atomic E-state index is -0.0248. The maximum Gasteiger partial charge on any atom is 0.272 e. The maximum absolute atomic E-state index is 12.3. The highest BCUT2D eigenvalue weighted by Crippen LogP contribution is 2.23. The van der Waals surface area contributed by atoms with Crippen LogP contribution < -0.4 is 5.56 Å². The lowest BCUT2D eigenvalue weighted by atomic mass is 10.2. The van der Waals surface area contributed by atoms with E-state index in [2.05, 4.69) is 20.9 Å². The number of aromatic nitrogens is 2. The lowest BCUT2D eigenvalue weighted by Crippen LogP contribution is -2.24. The number of nitrogens with zero attached hydrogens (tertiary/aromatic N) is 2. The molecule has 0 atom stereocenters. The van der Waals surface area contributed by atoms with Gasteiger partial charge in [-0.25, -0.2) is 4.98 Å². The standard InChI is InChI=1S/C14H11BrN2OS/c1-9-14(18)17(8-10-6-7-13(15)19-10)12-5-3-2-4-11(12)16-9/h2-7H,8H2,1H3. The monoisotopic (exact) mass is 334 g/mol. The van der Waals surface area contributed by atoms with Gasteiger partial charge in [-0.15, -0.1) is 11.3 Å². The minimum absolute atomic E-state index is 0.0248. The van der Waals surface area contributed by atoms with E-state index in [1.807, 2.05) is 36.4 Å². The summed E-state index contributed by atoms with van der Waals surface area (Å²) >= 11 is 5.09. The second kappa shape index (κ2) is 4.90. The van der Waals surface area contributed by atoms with Crippen LogP contribution in [0.25, 0.3) is 11.0 Å². The van der Waals surface area contributed by atoms with Crippen molar-refractivity contribution in [1.29, 1.82) is 0 Å². The SMILES string of the molecule is Cc1nc2ccccc2n(Cc2ccc(Br)s2)c1=O. The molecule has 0 saturated heterocycles. The van der Waals surface area contributed by atoms with Crippen LogP contribution >= 0.6 is 27.3 Å². The largest absolute Gasteiger partial charge is 0.300 e. The smallest absolute Gasteiger partial charge is 0.272 e. The topological polar surface area (TPSA) is 34.9 Å². The van der Waals surface area contributed by atoms with Gasteiger partial charge in [0, 0.05) is 4.88 Å². The van der Waals surface area contributed by atoms with E-state index in [9.17, 15) is 4.79 Å². The third-order valence-electron chi connectivity index (χ3n) is 2.96. The molecule has 0 N–H and O–H groups in total. The molecule has 0 spiro atoms. The van der Waals surface area contributed by atoms with Crippen LogP contribution in [0.4, 0.5) is 0 Å². The summed E-state index contributed by atoms with van der Waals surface area (Å²) in [5, 5.41) is 0. The maximum atomic E-state index is 12.3. The molecule has 3 rings (SSSR count). The van der Waals surface area contributed by atoms with Crippen LogP contribution in [0.1, 0.15) is 10.6 Å². The highest BCUT2D eigenvalue weighted by molar-refractivity contribution is 9.11. The molecule has 5 heteroatoms. The first-order valence-electron chi connectivity index (χ1n) is 5.85. The summed E-state index contributed by atoms with van der Waals surface area (Å²) in [6.07, 6.45) is 0. The van der Waals surface area contributed by atoms with E-state index < -0.39 is 0 Å². The van der Waals surface area contributed by atoms with Gasteiger partial charge in [-0.1, -0.05) is 12.1 Å². The first kappa shape index (κ1) is 12.6. The van der Waals surface area contributed by atoms with E-state index in [1.165, 1.54) is 0 Å². The molecule has 0 aliphatic heterocycles.